The van der Waals surface area contributed by atoms with E-state index in [1.807, 2.05) is 37.9 Å². The first-order chi connectivity index (χ1) is 11.4. The Labute approximate surface area is 143 Å². The minimum atomic E-state index is -0.0320. The number of hydrogen-bond donors (Lipinski definition) is 1. The molecule has 0 aliphatic rings. The number of pyridine rings is 1. The normalized spacial score (nSPS) is 10.8. The van der Waals surface area contributed by atoms with Crippen molar-refractivity contribution in [2.45, 2.75) is 27.3 Å². The molecule has 0 aliphatic heterocycles. The Morgan fingerprint density at radius 1 is 1.21 bits per heavy atom. The number of anilines is 1. The molecule has 0 saturated heterocycles. The van der Waals surface area contributed by atoms with E-state index in [2.05, 4.69) is 29.4 Å². The number of carbonyl (C=O) groups is 1. The monoisotopic (exact) mass is 327 g/mol. The molecule has 0 atom stereocenters. The van der Waals surface area contributed by atoms with Crippen molar-refractivity contribution >= 4 is 11.6 Å². The van der Waals surface area contributed by atoms with Crippen LogP contribution in [0.15, 0.2) is 30.3 Å². The molecule has 5 heteroatoms. The van der Waals surface area contributed by atoms with E-state index >= 15 is 0 Å². The van der Waals surface area contributed by atoms with Gasteiger partial charge >= 0.3 is 0 Å². The highest BCUT2D eigenvalue weighted by atomic mass is 16.5. The first-order valence-corrected chi connectivity index (χ1v) is 7.95. The van der Waals surface area contributed by atoms with Crippen LogP contribution >= 0.6 is 0 Å². The Morgan fingerprint density at radius 3 is 2.50 bits per heavy atom. The molecule has 0 unspecified atom stereocenters. The summed E-state index contributed by atoms with van der Waals surface area (Å²) in [6.07, 6.45) is 0. The molecule has 5 nitrogen and oxygen atoms in total. The van der Waals surface area contributed by atoms with E-state index in [1.165, 1.54) is 5.56 Å². The summed E-state index contributed by atoms with van der Waals surface area (Å²) < 4.78 is 5.12. The van der Waals surface area contributed by atoms with Crippen LogP contribution in [0.25, 0.3) is 0 Å². The number of nitrogens with one attached hydrogen (secondary N) is 1. The van der Waals surface area contributed by atoms with Gasteiger partial charge in [0.05, 0.1) is 19.3 Å². The highest BCUT2D eigenvalue weighted by Gasteiger charge is 2.11. The van der Waals surface area contributed by atoms with E-state index in [4.69, 9.17) is 4.74 Å². The average Bonchev–Trinajstić information content (AvgIpc) is 2.50. The number of rotatable bonds is 6. The Kier molecular flexibility index (Phi) is 5.93. The molecule has 2 rings (SSSR count). The number of amides is 1. The number of carbonyl (C=O) groups excluding carboxylic acids is 1. The summed E-state index contributed by atoms with van der Waals surface area (Å²) in [7, 11) is 3.49. The van der Waals surface area contributed by atoms with E-state index in [1.54, 1.807) is 13.2 Å². The fraction of sp³-hybridized carbons (Fsp3) is 0.368. The number of benzene rings is 1. The Balaban J connectivity index is 1.97. The first kappa shape index (κ1) is 17.9. The number of hydrogen-bond acceptors (Lipinski definition) is 4. The molecule has 0 aliphatic carbocycles. The maximum atomic E-state index is 12.3. The van der Waals surface area contributed by atoms with Gasteiger partial charge in [0.1, 0.15) is 0 Å². The van der Waals surface area contributed by atoms with Crippen LogP contribution in [-0.4, -0.2) is 36.5 Å². The fourth-order valence-electron chi connectivity index (χ4n) is 2.79. The van der Waals surface area contributed by atoms with Crippen LogP contribution < -0.4 is 10.1 Å². The molecule has 0 radical (unpaired) electrons. The number of aryl methyl sites for hydroxylation is 3. The highest BCUT2D eigenvalue weighted by Crippen LogP contribution is 2.21. The smallest absolute Gasteiger partial charge is 0.238 e. The van der Waals surface area contributed by atoms with Gasteiger partial charge in [-0.15, -0.1) is 0 Å². The van der Waals surface area contributed by atoms with E-state index in [-0.39, 0.29) is 5.91 Å². The molecule has 0 spiro atoms. The van der Waals surface area contributed by atoms with E-state index in [9.17, 15) is 4.79 Å². The van der Waals surface area contributed by atoms with Crippen molar-refractivity contribution in [2.24, 2.45) is 0 Å². The second kappa shape index (κ2) is 7.93. The van der Waals surface area contributed by atoms with Gasteiger partial charge in [-0.2, -0.15) is 0 Å². The Hall–Kier alpha value is -2.40. The lowest BCUT2D eigenvalue weighted by Crippen LogP contribution is -2.30. The molecule has 0 bridgehead atoms. The third-order valence-corrected chi connectivity index (χ3v) is 3.78. The molecule has 128 valence electrons. The summed E-state index contributed by atoms with van der Waals surface area (Å²) >= 11 is 0. The molecular weight excluding hydrogens is 302 g/mol. The van der Waals surface area contributed by atoms with Crippen molar-refractivity contribution in [3.8, 4) is 5.88 Å². The second-order valence-electron chi connectivity index (χ2n) is 6.17. The predicted molar refractivity (Wildman–Crippen MR) is 96.4 cm³/mol. The van der Waals surface area contributed by atoms with Gasteiger partial charge in [-0.25, -0.2) is 4.98 Å². The van der Waals surface area contributed by atoms with Gasteiger partial charge in [0.25, 0.3) is 0 Å². The summed E-state index contributed by atoms with van der Waals surface area (Å²) in [5.41, 5.74) is 5.13. The molecule has 0 fully saturated rings. The Bertz CT molecular complexity index is 705. The minimum absolute atomic E-state index is 0.0320. The summed E-state index contributed by atoms with van der Waals surface area (Å²) in [5.74, 6) is 0.548. The quantitative estimate of drug-likeness (QED) is 0.886. The maximum absolute atomic E-state index is 12.3. The van der Waals surface area contributed by atoms with Crippen LogP contribution in [0, 0.1) is 20.8 Å². The number of ether oxygens (including phenoxy) is 1. The zero-order chi connectivity index (χ0) is 17.7. The van der Waals surface area contributed by atoms with Crippen LogP contribution in [0.2, 0.25) is 0 Å². The van der Waals surface area contributed by atoms with E-state index in [0.29, 0.717) is 19.0 Å². The lowest BCUT2D eigenvalue weighted by Gasteiger charge is -2.18. The van der Waals surface area contributed by atoms with Gasteiger partial charge in [-0.05, 0) is 45.0 Å². The molecule has 2 aromatic rings. The number of methoxy groups -OCH3 is 1. The summed E-state index contributed by atoms with van der Waals surface area (Å²) in [4.78, 5) is 18.6. The molecule has 1 N–H and O–H groups in total. The lowest BCUT2D eigenvalue weighted by molar-refractivity contribution is -0.117. The zero-order valence-corrected chi connectivity index (χ0v) is 15.0. The zero-order valence-electron chi connectivity index (χ0n) is 15.0. The molecule has 24 heavy (non-hydrogen) atoms. The van der Waals surface area contributed by atoms with Crippen LogP contribution in [-0.2, 0) is 11.3 Å². The van der Waals surface area contributed by atoms with Gasteiger partial charge in [-0.3, -0.25) is 9.69 Å². The number of aromatic nitrogens is 1. The van der Waals surface area contributed by atoms with Gasteiger partial charge in [-0.1, -0.05) is 23.8 Å². The lowest BCUT2D eigenvalue weighted by atomic mass is 10.1. The van der Waals surface area contributed by atoms with Gasteiger partial charge in [0, 0.05) is 18.3 Å². The van der Waals surface area contributed by atoms with Crippen molar-refractivity contribution in [3.63, 3.8) is 0 Å². The SMILES string of the molecule is COc1cccc(CN(C)CC(=O)Nc2c(C)cc(C)cc2C)n1. The van der Waals surface area contributed by atoms with E-state index in [0.717, 1.165) is 22.5 Å². The number of nitrogens with zero attached hydrogens (tertiary/aromatic N) is 2. The molecule has 0 saturated carbocycles. The topological polar surface area (TPSA) is 54.5 Å². The largest absolute Gasteiger partial charge is 0.481 e. The molecule has 1 heterocycles. The Morgan fingerprint density at radius 2 is 1.88 bits per heavy atom. The van der Waals surface area contributed by atoms with Crippen molar-refractivity contribution in [2.75, 3.05) is 26.0 Å². The van der Waals surface area contributed by atoms with Crippen molar-refractivity contribution in [1.82, 2.24) is 9.88 Å². The summed E-state index contributed by atoms with van der Waals surface area (Å²) in [5, 5.41) is 3.02. The third-order valence-electron chi connectivity index (χ3n) is 3.78. The fourth-order valence-corrected chi connectivity index (χ4v) is 2.79. The van der Waals surface area contributed by atoms with Gasteiger partial charge in [0.2, 0.25) is 11.8 Å². The van der Waals surface area contributed by atoms with Crippen LogP contribution in [0.4, 0.5) is 5.69 Å². The minimum Gasteiger partial charge on any atom is -0.481 e. The highest BCUT2D eigenvalue weighted by molar-refractivity contribution is 5.93. The van der Waals surface area contributed by atoms with Crippen molar-refractivity contribution < 1.29 is 9.53 Å². The number of likely N-dealkylation sites (N-methyl/N-ethyl adjacent to an activating group) is 1. The molecule has 1 aromatic heterocycles. The molecule has 1 aromatic carbocycles. The van der Waals surface area contributed by atoms with Gasteiger partial charge in [0.15, 0.2) is 0 Å². The van der Waals surface area contributed by atoms with Crippen molar-refractivity contribution in [3.05, 3.63) is 52.7 Å². The standard InChI is InChI=1S/C19H25N3O2/c1-13-9-14(2)19(15(3)10-13)21-17(23)12-22(4)11-16-7-6-8-18(20-16)24-5/h6-10H,11-12H2,1-5H3,(H,21,23). The first-order valence-electron chi connectivity index (χ1n) is 7.95. The third kappa shape index (κ3) is 4.80. The second-order valence-corrected chi connectivity index (χ2v) is 6.17. The molecule has 1 amide bonds. The predicted octanol–water partition coefficient (Wildman–Crippen LogP) is 3.09. The average molecular weight is 327 g/mol. The van der Waals surface area contributed by atoms with Crippen LogP contribution in [0.1, 0.15) is 22.4 Å². The van der Waals surface area contributed by atoms with E-state index < -0.39 is 0 Å². The van der Waals surface area contributed by atoms with Crippen LogP contribution in [0.5, 0.6) is 5.88 Å². The maximum Gasteiger partial charge on any atom is 0.238 e. The van der Waals surface area contributed by atoms with Crippen LogP contribution in [0.3, 0.4) is 0 Å². The summed E-state index contributed by atoms with van der Waals surface area (Å²) in [6, 6.07) is 9.78. The summed E-state index contributed by atoms with van der Waals surface area (Å²) in [6.45, 7) is 6.96. The molecular formula is C19H25N3O2. The van der Waals surface area contributed by atoms with Crippen molar-refractivity contribution in [1.29, 1.82) is 0 Å². The van der Waals surface area contributed by atoms with Gasteiger partial charge < -0.3 is 10.1 Å².